The molecule has 0 aliphatic carbocycles. The number of carbonyl (C=O) groups excluding carboxylic acids is 3. The number of amides is 2. The molecular formula is C15H20N2O5. The zero-order valence-corrected chi connectivity index (χ0v) is 12.3. The normalized spacial score (nSPS) is 12.8. The van der Waals surface area contributed by atoms with Gasteiger partial charge in [-0.3, -0.25) is 4.79 Å². The molecule has 0 heterocycles. The van der Waals surface area contributed by atoms with Gasteiger partial charge in [-0.2, -0.15) is 0 Å². The third-order valence-corrected chi connectivity index (χ3v) is 2.81. The van der Waals surface area contributed by atoms with Crippen molar-refractivity contribution in [1.29, 1.82) is 0 Å². The molecule has 1 rings (SSSR count). The molecule has 1 aromatic carbocycles. The molecule has 0 aliphatic rings. The van der Waals surface area contributed by atoms with Crippen LogP contribution in [0, 0.1) is 0 Å². The smallest absolute Gasteiger partial charge is 0.408 e. The molecule has 7 heteroatoms. The van der Waals surface area contributed by atoms with Crippen molar-refractivity contribution >= 4 is 18.3 Å². The Kier molecular flexibility index (Phi) is 7.63. The van der Waals surface area contributed by atoms with Crippen LogP contribution in [0.2, 0.25) is 0 Å². The van der Waals surface area contributed by atoms with Crippen LogP contribution in [-0.4, -0.2) is 42.1 Å². The molecule has 0 aliphatic heterocycles. The van der Waals surface area contributed by atoms with Crippen LogP contribution in [-0.2, 0) is 20.9 Å². The standard InChI is InChI=1S/C15H20N2O5/c1-11(19)13(14(20)16-8-5-9-18)17-15(21)22-10-12-6-3-2-4-7-12/h2-4,6-7,9,11,13,19H,5,8,10H2,1H3,(H,16,20)(H,17,21)/t11?,13-/m0/s1. The van der Waals surface area contributed by atoms with Crippen LogP contribution in [0.25, 0.3) is 0 Å². The minimum absolute atomic E-state index is 0.0615. The maximum Gasteiger partial charge on any atom is 0.408 e. The molecule has 1 unspecified atom stereocenters. The Morgan fingerprint density at radius 2 is 2.00 bits per heavy atom. The molecule has 1 aromatic rings. The fourth-order valence-corrected chi connectivity index (χ4v) is 1.66. The Bertz CT molecular complexity index is 490. The highest BCUT2D eigenvalue weighted by atomic mass is 16.5. The molecule has 2 amide bonds. The minimum atomic E-state index is -1.14. The summed E-state index contributed by atoms with van der Waals surface area (Å²) in [7, 11) is 0. The fourth-order valence-electron chi connectivity index (χ4n) is 1.66. The number of nitrogens with one attached hydrogen (secondary N) is 2. The minimum Gasteiger partial charge on any atom is -0.445 e. The summed E-state index contributed by atoms with van der Waals surface area (Å²) in [6.45, 7) is 1.58. The number of carbonyl (C=O) groups is 3. The second kappa shape index (κ2) is 9.51. The Balaban J connectivity index is 2.46. The van der Waals surface area contributed by atoms with Crippen LogP contribution in [0.3, 0.4) is 0 Å². The highest BCUT2D eigenvalue weighted by Crippen LogP contribution is 2.01. The summed E-state index contributed by atoms with van der Waals surface area (Å²) in [6, 6.07) is 7.93. The molecule has 0 fully saturated rings. The first-order chi connectivity index (χ1) is 10.5. The number of hydrogen-bond acceptors (Lipinski definition) is 5. The van der Waals surface area contributed by atoms with E-state index in [2.05, 4.69) is 10.6 Å². The Hall–Kier alpha value is -2.41. The lowest BCUT2D eigenvalue weighted by molar-refractivity contribution is -0.125. The van der Waals surface area contributed by atoms with Crippen molar-refractivity contribution in [3.63, 3.8) is 0 Å². The molecule has 0 bridgehead atoms. The molecule has 2 atom stereocenters. The summed E-state index contributed by atoms with van der Waals surface area (Å²) in [5.41, 5.74) is 0.807. The highest BCUT2D eigenvalue weighted by molar-refractivity contribution is 5.86. The maximum atomic E-state index is 11.8. The summed E-state index contributed by atoms with van der Waals surface area (Å²) in [5.74, 6) is -0.575. The molecule has 0 spiro atoms. The number of aliphatic hydroxyl groups is 1. The van der Waals surface area contributed by atoms with Gasteiger partial charge in [-0.1, -0.05) is 30.3 Å². The molecule has 3 N–H and O–H groups in total. The Morgan fingerprint density at radius 3 is 2.59 bits per heavy atom. The van der Waals surface area contributed by atoms with Crippen LogP contribution in [0.15, 0.2) is 30.3 Å². The van der Waals surface area contributed by atoms with Gasteiger partial charge in [0.1, 0.15) is 18.9 Å². The molecular weight excluding hydrogens is 288 g/mol. The number of aldehydes is 1. The maximum absolute atomic E-state index is 11.8. The zero-order chi connectivity index (χ0) is 16.4. The number of alkyl carbamates (subject to hydrolysis) is 1. The monoisotopic (exact) mass is 308 g/mol. The van der Waals surface area contributed by atoms with Gasteiger partial charge in [-0.15, -0.1) is 0 Å². The summed E-state index contributed by atoms with van der Waals surface area (Å²) in [5, 5.41) is 14.3. The van der Waals surface area contributed by atoms with E-state index in [0.717, 1.165) is 5.56 Å². The van der Waals surface area contributed by atoms with Gasteiger partial charge in [0.2, 0.25) is 5.91 Å². The first kappa shape index (κ1) is 17.6. The largest absolute Gasteiger partial charge is 0.445 e. The van der Waals surface area contributed by atoms with Crippen molar-refractivity contribution in [2.24, 2.45) is 0 Å². The Labute approximate surface area is 128 Å². The van der Waals surface area contributed by atoms with E-state index in [-0.39, 0.29) is 19.6 Å². The summed E-state index contributed by atoms with van der Waals surface area (Å²) in [6.07, 6.45) is -1.07. The van der Waals surface area contributed by atoms with Crippen molar-refractivity contribution in [3.8, 4) is 0 Å². The van der Waals surface area contributed by atoms with Gasteiger partial charge in [-0.25, -0.2) is 4.79 Å². The first-order valence-electron chi connectivity index (χ1n) is 6.91. The van der Waals surface area contributed by atoms with Crippen LogP contribution in [0.1, 0.15) is 18.9 Å². The van der Waals surface area contributed by atoms with Gasteiger partial charge < -0.3 is 25.3 Å². The average Bonchev–Trinajstić information content (AvgIpc) is 2.51. The third kappa shape index (κ3) is 6.36. The van der Waals surface area contributed by atoms with Crippen LogP contribution < -0.4 is 10.6 Å². The second-order valence-electron chi connectivity index (χ2n) is 4.67. The lowest BCUT2D eigenvalue weighted by atomic mass is 10.1. The molecule has 0 saturated heterocycles. The Morgan fingerprint density at radius 1 is 1.32 bits per heavy atom. The molecule has 0 aromatic heterocycles. The van der Waals surface area contributed by atoms with Crippen molar-refractivity contribution in [3.05, 3.63) is 35.9 Å². The third-order valence-electron chi connectivity index (χ3n) is 2.81. The average molecular weight is 308 g/mol. The van der Waals surface area contributed by atoms with Gasteiger partial charge in [-0.05, 0) is 12.5 Å². The summed E-state index contributed by atoms with van der Waals surface area (Å²) >= 11 is 0. The predicted molar refractivity (Wildman–Crippen MR) is 78.9 cm³/mol. The molecule has 22 heavy (non-hydrogen) atoms. The van der Waals surface area contributed by atoms with Crippen LogP contribution >= 0.6 is 0 Å². The number of aliphatic hydroxyl groups excluding tert-OH is 1. The number of benzene rings is 1. The lowest BCUT2D eigenvalue weighted by Gasteiger charge is -2.20. The van der Waals surface area contributed by atoms with E-state index in [1.165, 1.54) is 6.92 Å². The van der Waals surface area contributed by atoms with E-state index in [4.69, 9.17) is 4.74 Å². The summed E-state index contributed by atoms with van der Waals surface area (Å²) in [4.78, 5) is 33.7. The predicted octanol–water partition coefficient (Wildman–Crippen LogP) is 0.367. The van der Waals surface area contributed by atoms with Gasteiger partial charge in [0, 0.05) is 13.0 Å². The van der Waals surface area contributed by atoms with E-state index in [9.17, 15) is 19.5 Å². The van der Waals surface area contributed by atoms with E-state index < -0.39 is 24.1 Å². The second-order valence-corrected chi connectivity index (χ2v) is 4.67. The SMILES string of the molecule is CC(O)[C@H](NC(=O)OCc1ccccc1)C(=O)NCCC=O. The quantitative estimate of drug-likeness (QED) is 0.475. The van der Waals surface area contributed by atoms with Gasteiger partial charge in [0.25, 0.3) is 0 Å². The van der Waals surface area contributed by atoms with Crippen molar-refractivity contribution in [2.45, 2.75) is 32.1 Å². The zero-order valence-electron chi connectivity index (χ0n) is 12.3. The van der Waals surface area contributed by atoms with E-state index in [0.29, 0.717) is 6.29 Å². The fraction of sp³-hybridized carbons (Fsp3) is 0.400. The van der Waals surface area contributed by atoms with E-state index in [1.54, 1.807) is 12.1 Å². The van der Waals surface area contributed by atoms with Crippen LogP contribution in [0.4, 0.5) is 4.79 Å². The first-order valence-corrected chi connectivity index (χ1v) is 6.91. The topological polar surface area (TPSA) is 105 Å². The van der Waals surface area contributed by atoms with Crippen molar-refractivity contribution < 1.29 is 24.2 Å². The number of hydrogen-bond donors (Lipinski definition) is 3. The van der Waals surface area contributed by atoms with Gasteiger partial charge in [0.15, 0.2) is 0 Å². The van der Waals surface area contributed by atoms with E-state index >= 15 is 0 Å². The highest BCUT2D eigenvalue weighted by Gasteiger charge is 2.25. The van der Waals surface area contributed by atoms with Gasteiger partial charge >= 0.3 is 6.09 Å². The summed E-state index contributed by atoms with van der Waals surface area (Å²) < 4.78 is 4.99. The van der Waals surface area contributed by atoms with Crippen molar-refractivity contribution in [1.82, 2.24) is 10.6 Å². The number of ether oxygens (including phenoxy) is 1. The molecule has 120 valence electrons. The molecule has 7 nitrogen and oxygen atoms in total. The molecule has 0 radical (unpaired) electrons. The van der Waals surface area contributed by atoms with Crippen LogP contribution in [0.5, 0.6) is 0 Å². The molecule has 0 saturated carbocycles. The van der Waals surface area contributed by atoms with Crippen molar-refractivity contribution in [2.75, 3.05) is 6.54 Å². The van der Waals surface area contributed by atoms with E-state index in [1.807, 2.05) is 18.2 Å². The number of rotatable bonds is 8. The lowest BCUT2D eigenvalue weighted by Crippen LogP contribution is -2.52. The van der Waals surface area contributed by atoms with Gasteiger partial charge in [0.05, 0.1) is 6.10 Å².